The van der Waals surface area contributed by atoms with Crippen molar-refractivity contribution in [3.8, 4) is 17.2 Å². The minimum atomic E-state index is -0.371. The van der Waals surface area contributed by atoms with Crippen molar-refractivity contribution in [3.05, 3.63) is 52.5 Å². The minimum absolute atomic E-state index is 0.0821. The maximum atomic E-state index is 12.7. The fraction of sp³-hybridized carbons (Fsp3) is 0.381. The van der Waals surface area contributed by atoms with Crippen LogP contribution in [0.15, 0.2) is 36.4 Å². The summed E-state index contributed by atoms with van der Waals surface area (Å²) in [6, 6.07) is 10.8. The van der Waals surface area contributed by atoms with Crippen LogP contribution in [0.5, 0.6) is 17.2 Å². The first kappa shape index (κ1) is 20.9. The number of rotatable bonds is 8. The van der Waals surface area contributed by atoms with E-state index in [-0.39, 0.29) is 24.4 Å². The summed E-state index contributed by atoms with van der Waals surface area (Å²) in [4.78, 5) is 12.7. The zero-order valence-corrected chi connectivity index (χ0v) is 17.0. The van der Waals surface area contributed by atoms with Crippen LogP contribution in [0.1, 0.15) is 30.9 Å². The minimum Gasteiger partial charge on any atom is -0.493 e. The zero-order chi connectivity index (χ0) is 20.0. The summed E-state index contributed by atoms with van der Waals surface area (Å²) in [5.41, 5.74) is 1.63. The smallest absolute Gasteiger partial charge is 0.314 e. The van der Waals surface area contributed by atoms with Crippen molar-refractivity contribution in [1.29, 1.82) is 0 Å². The Bertz CT molecular complexity index is 746. The molecule has 2 aromatic carbocycles. The van der Waals surface area contributed by atoms with Gasteiger partial charge >= 0.3 is 5.97 Å². The Labute approximate surface area is 165 Å². The molecule has 0 bridgehead atoms. The second-order valence-corrected chi connectivity index (χ2v) is 6.85. The van der Waals surface area contributed by atoms with Gasteiger partial charge in [0.05, 0.1) is 27.2 Å². The molecule has 0 spiro atoms. The van der Waals surface area contributed by atoms with Crippen LogP contribution in [0.3, 0.4) is 0 Å². The van der Waals surface area contributed by atoms with E-state index in [4.69, 9.17) is 30.5 Å². The maximum absolute atomic E-state index is 12.7. The van der Waals surface area contributed by atoms with E-state index in [2.05, 4.69) is 0 Å². The predicted molar refractivity (Wildman–Crippen MR) is 105 cm³/mol. The summed E-state index contributed by atoms with van der Waals surface area (Å²) < 4.78 is 21.6. The van der Waals surface area contributed by atoms with E-state index >= 15 is 0 Å². The third kappa shape index (κ3) is 5.07. The Balaban J connectivity index is 2.18. The Kier molecular flexibility index (Phi) is 7.36. The molecule has 0 aromatic heterocycles. The van der Waals surface area contributed by atoms with Crippen LogP contribution in [0, 0.1) is 5.92 Å². The number of benzene rings is 2. The van der Waals surface area contributed by atoms with Gasteiger partial charge in [-0.1, -0.05) is 37.6 Å². The summed E-state index contributed by atoms with van der Waals surface area (Å²) >= 11 is 5.95. The van der Waals surface area contributed by atoms with Crippen LogP contribution in [0.25, 0.3) is 0 Å². The average molecular weight is 393 g/mol. The van der Waals surface area contributed by atoms with Crippen molar-refractivity contribution in [2.75, 3.05) is 21.3 Å². The lowest BCUT2D eigenvalue weighted by atomic mass is 9.88. The van der Waals surface area contributed by atoms with E-state index in [9.17, 15) is 4.79 Å². The van der Waals surface area contributed by atoms with Gasteiger partial charge in [-0.25, -0.2) is 0 Å². The summed E-state index contributed by atoms with van der Waals surface area (Å²) in [6.45, 7) is 4.08. The molecule has 0 aliphatic rings. The van der Waals surface area contributed by atoms with E-state index in [0.717, 1.165) is 11.1 Å². The molecular formula is C21H25ClO5. The summed E-state index contributed by atoms with van der Waals surface area (Å²) in [7, 11) is 4.63. The number of hydrogen-bond donors (Lipinski definition) is 0. The second-order valence-electron chi connectivity index (χ2n) is 6.41. The number of halogens is 1. The van der Waals surface area contributed by atoms with Crippen molar-refractivity contribution >= 4 is 17.6 Å². The molecule has 0 amide bonds. The molecule has 2 aromatic rings. The van der Waals surface area contributed by atoms with E-state index in [1.807, 2.05) is 26.0 Å². The number of methoxy groups -OCH3 is 3. The molecule has 0 heterocycles. The van der Waals surface area contributed by atoms with Gasteiger partial charge in [0, 0.05) is 5.02 Å². The Morgan fingerprint density at radius 3 is 1.96 bits per heavy atom. The van der Waals surface area contributed by atoms with Gasteiger partial charge < -0.3 is 18.9 Å². The third-order valence-corrected chi connectivity index (χ3v) is 4.51. The van der Waals surface area contributed by atoms with E-state index in [1.54, 1.807) is 45.6 Å². The highest BCUT2D eigenvalue weighted by Gasteiger charge is 2.26. The van der Waals surface area contributed by atoms with Crippen LogP contribution in [-0.2, 0) is 16.1 Å². The molecule has 0 aliphatic heterocycles. The van der Waals surface area contributed by atoms with Gasteiger partial charge in [-0.05, 0) is 41.3 Å². The van der Waals surface area contributed by atoms with Gasteiger partial charge in [0.2, 0.25) is 5.75 Å². The molecule has 0 N–H and O–H groups in total. The SMILES string of the molecule is COc1cc(COC(=O)[C@@H](c2ccc(Cl)cc2)C(C)C)cc(OC)c1OC. The fourth-order valence-corrected chi connectivity index (χ4v) is 3.05. The standard InChI is InChI=1S/C21H25ClO5/c1-13(2)19(15-6-8-16(22)9-7-15)21(23)27-12-14-10-17(24-3)20(26-5)18(11-14)25-4/h6-11,13,19H,12H2,1-5H3/t19-/m1/s1. The first-order valence-electron chi connectivity index (χ1n) is 8.62. The Morgan fingerprint density at radius 1 is 0.963 bits per heavy atom. The summed E-state index contributed by atoms with van der Waals surface area (Å²) in [5, 5.41) is 0.632. The zero-order valence-electron chi connectivity index (χ0n) is 16.2. The summed E-state index contributed by atoms with van der Waals surface area (Å²) in [6.07, 6.45) is 0. The van der Waals surface area contributed by atoms with Gasteiger partial charge in [-0.2, -0.15) is 0 Å². The maximum Gasteiger partial charge on any atom is 0.314 e. The number of esters is 1. The molecule has 2 rings (SSSR count). The Morgan fingerprint density at radius 2 is 1.52 bits per heavy atom. The molecule has 0 saturated heterocycles. The molecule has 0 aliphatic carbocycles. The van der Waals surface area contributed by atoms with Crippen molar-refractivity contribution < 1.29 is 23.7 Å². The molecule has 146 valence electrons. The molecule has 5 nitrogen and oxygen atoms in total. The van der Waals surface area contributed by atoms with Gasteiger partial charge in [0.25, 0.3) is 0 Å². The molecular weight excluding hydrogens is 368 g/mol. The number of hydrogen-bond acceptors (Lipinski definition) is 5. The van der Waals surface area contributed by atoms with Gasteiger partial charge in [0.15, 0.2) is 11.5 Å². The topological polar surface area (TPSA) is 54.0 Å². The number of carbonyl (C=O) groups is 1. The van der Waals surface area contributed by atoms with Gasteiger partial charge in [0.1, 0.15) is 6.61 Å². The molecule has 6 heteroatoms. The first-order chi connectivity index (χ1) is 12.9. The highest BCUT2D eigenvalue weighted by molar-refractivity contribution is 6.30. The highest BCUT2D eigenvalue weighted by atomic mass is 35.5. The molecule has 0 radical (unpaired) electrons. The molecule has 0 saturated carbocycles. The van der Waals surface area contributed by atoms with E-state index < -0.39 is 0 Å². The average Bonchev–Trinajstić information content (AvgIpc) is 2.66. The number of ether oxygens (including phenoxy) is 4. The van der Waals surface area contributed by atoms with E-state index in [0.29, 0.717) is 22.3 Å². The lowest BCUT2D eigenvalue weighted by Gasteiger charge is -2.20. The van der Waals surface area contributed by atoms with Gasteiger partial charge in [-0.3, -0.25) is 4.79 Å². The molecule has 0 unspecified atom stereocenters. The van der Waals surface area contributed by atoms with Crippen molar-refractivity contribution in [2.24, 2.45) is 5.92 Å². The van der Waals surface area contributed by atoms with Crippen LogP contribution in [0.2, 0.25) is 5.02 Å². The van der Waals surface area contributed by atoms with Crippen molar-refractivity contribution in [3.63, 3.8) is 0 Å². The van der Waals surface area contributed by atoms with Crippen LogP contribution >= 0.6 is 11.6 Å². The molecule has 0 fully saturated rings. The highest BCUT2D eigenvalue weighted by Crippen LogP contribution is 2.38. The molecule has 27 heavy (non-hydrogen) atoms. The lowest BCUT2D eigenvalue weighted by molar-refractivity contribution is -0.148. The fourth-order valence-electron chi connectivity index (χ4n) is 2.93. The monoisotopic (exact) mass is 392 g/mol. The largest absolute Gasteiger partial charge is 0.493 e. The second kappa shape index (κ2) is 9.51. The normalized spacial score (nSPS) is 11.8. The van der Waals surface area contributed by atoms with Crippen molar-refractivity contribution in [2.45, 2.75) is 26.4 Å². The van der Waals surface area contributed by atoms with Crippen molar-refractivity contribution in [1.82, 2.24) is 0 Å². The molecule has 1 atom stereocenters. The first-order valence-corrected chi connectivity index (χ1v) is 9.00. The Hall–Kier alpha value is -2.40. The summed E-state index contributed by atoms with van der Waals surface area (Å²) in [5.74, 6) is 0.947. The number of carbonyl (C=O) groups excluding carboxylic acids is 1. The van der Waals surface area contributed by atoms with E-state index in [1.165, 1.54) is 0 Å². The van der Waals surface area contributed by atoms with Crippen LogP contribution in [0.4, 0.5) is 0 Å². The quantitative estimate of drug-likeness (QED) is 0.601. The predicted octanol–water partition coefficient (Wildman–Crippen LogP) is 4.85. The van der Waals surface area contributed by atoms with Crippen LogP contribution < -0.4 is 14.2 Å². The third-order valence-electron chi connectivity index (χ3n) is 4.26. The van der Waals surface area contributed by atoms with Gasteiger partial charge in [-0.15, -0.1) is 0 Å². The lowest BCUT2D eigenvalue weighted by Crippen LogP contribution is -2.20. The van der Waals surface area contributed by atoms with Crippen LogP contribution in [-0.4, -0.2) is 27.3 Å².